The molecular weight excluding hydrogens is 306 g/mol. The van der Waals surface area contributed by atoms with Gasteiger partial charge in [-0.3, -0.25) is 14.6 Å². The van der Waals surface area contributed by atoms with Crippen LogP contribution in [0.2, 0.25) is 0 Å². The van der Waals surface area contributed by atoms with Gasteiger partial charge >= 0.3 is 0 Å². The fourth-order valence-corrected chi connectivity index (χ4v) is 2.74. The average molecular weight is 325 g/mol. The van der Waals surface area contributed by atoms with E-state index in [1.165, 1.54) is 24.0 Å². The third-order valence-electron chi connectivity index (χ3n) is 4.14. The van der Waals surface area contributed by atoms with Gasteiger partial charge in [0.2, 0.25) is 11.8 Å². The molecule has 1 saturated heterocycles. The Morgan fingerprint density at radius 3 is 2.79 bits per heavy atom. The summed E-state index contributed by atoms with van der Waals surface area (Å²) < 4.78 is 0. The van der Waals surface area contributed by atoms with E-state index in [9.17, 15) is 14.7 Å². The van der Waals surface area contributed by atoms with E-state index in [2.05, 4.69) is 10.3 Å². The molecule has 2 N–H and O–H groups in total. The van der Waals surface area contributed by atoms with Crippen molar-refractivity contribution in [1.29, 1.82) is 0 Å². The van der Waals surface area contributed by atoms with Crippen molar-refractivity contribution in [3.05, 3.63) is 53.9 Å². The minimum Gasteiger partial charge on any atom is -0.504 e. The maximum atomic E-state index is 12.3. The zero-order chi connectivity index (χ0) is 17.1. The third-order valence-corrected chi connectivity index (χ3v) is 4.14. The Labute approximate surface area is 140 Å². The predicted octanol–water partition coefficient (Wildman–Crippen LogP) is 2.08. The van der Waals surface area contributed by atoms with Crippen LogP contribution in [0.3, 0.4) is 0 Å². The van der Waals surface area contributed by atoms with Crippen LogP contribution in [-0.4, -0.2) is 33.3 Å². The largest absolute Gasteiger partial charge is 0.504 e. The number of aryl methyl sites for hydroxylation is 1. The number of aromatic nitrogens is 1. The van der Waals surface area contributed by atoms with E-state index in [-0.39, 0.29) is 24.0 Å². The molecular formula is C18H19N3O3. The standard InChI is InChI=1S/C18H19N3O3/c1-12-2-4-13(5-3-12)10-21-11-14(8-17(21)23)18(24)20-15-6-7-19-9-16(15)22/h2-7,9,14,22H,8,10-11H2,1H3,(H,19,20,24)/t14-/m1/s1. The van der Waals surface area contributed by atoms with Crippen molar-refractivity contribution in [2.45, 2.75) is 19.9 Å². The summed E-state index contributed by atoms with van der Waals surface area (Å²) in [7, 11) is 0. The molecule has 1 aromatic carbocycles. The Morgan fingerprint density at radius 2 is 2.08 bits per heavy atom. The highest BCUT2D eigenvalue weighted by atomic mass is 16.3. The Balaban J connectivity index is 1.62. The smallest absolute Gasteiger partial charge is 0.229 e. The number of nitrogens with zero attached hydrogens (tertiary/aromatic N) is 2. The second-order valence-corrected chi connectivity index (χ2v) is 6.04. The van der Waals surface area contributed by atoms with Crippen molar-refractivity contribution in [2.24, 2.45) is 5.92 Å². The molecule has 0 saturated carbocycles. The summed E-state index contributed by atoms with van der Waals surface area (Å²) in [5.41, 5.74) is 2.52. The first-order valence-corrected chi connectivity index (χ1v) is 7.80. The molecule has 2 amide bonds. The maximum Gasteiger partial charge on any atom is 0.229 e. The molecule has 0 unspecified atom stereocenters. The van der Waals surface area contributed by atoms with Crippen LogP contribution >= 0.6 is 0 Å². The molecule has 6 heteroatoms. The summed E-state index contributed by atoms with van der Waals surface area (Å²) >= 11 is 0. The Bertz CT molecular complexity index is 758. The molecule has 2 aromatic rings. The third kappa shape index (κ3) is 3.53. The minimum atomic E-state index is -0.421. The minimum absolute atomic E-state index is 0.0327. The average Bonchev–Trinajstić information content (AvgIpc) is 2.93. The molecule has 24 heavy (non-hydrogen) atoms. The molecule has 3 rings (SSSR count). The topological polar surface area (TPSA) is 82.5 Å². The number of amides is 2. The predicted molar refractivity (Wildman–Crippen MR) is 89.2 cm³/mol. The SMILES string of the molecule is Cc1ccc(CN2C[C@H](C(=O)Nc3ccncc3O)CC2=O)cc1. The van der Waals surface area contributed by atoms with E-state index in [0.717, 1.165) is 5.56 Å². The van der Waals surface area contributed by atoms with Gasteiger partial charge in [-0.05, 0) is 18.6 Å². The fraction of sp³-hybridized carbons (Fsp3) is 0.278. The van der Waals surface area contributed by atoms with Gasteiger partial charge in [-0.25, -0.2) is 0 Å². The van der Waals surface area contributed by atoms with E-state index in [1.54, 1.807) is 4.90 Å². The van der Waals surface area contributed by atoms with Crippen molar-refractivity contribution in [1.82, 2.24) is 9.88 Å². The molecule has 124 valence electrons. The number of benzene rings is 1. The number of nitrogens with one attached hydrogen (secondary N) is 1. The second-order valence-electron chi connectivity index (χ2n) is 6.04. The molecule has 1 fully saturated rings. The Kier molecular flexibility index (Phi) is 4.46. The van der Waals surface area contributed by atoms with Crippen molar-refractivity contribution in [3.63, 3.8) is 0 Å². The van der Waals surface area contributed by atoms with Gasteiger partial charge in [0.05, 0.1) is 17.8 Å². The zero-order valence-corrected chi connectivity index (χ0v) is 13.4. The van der Waals surface area contributed by atoms with Crippen LogP contribution in [0.15, 0.2) is 42.7 Å². The number of pyridine rings is 1. The van der Waals surface area contributed by atoms with Crippen LogP contribution in [0.25, 0.3) is 0 Å². The lowest BCUT2D eigenvalue weighted by atomic mass is 10.1. The summed E-state index contributed by atoms with van der Waals surface area (Å²) in [5, 5.41) is 12.3. The van der Waals surface area contributed by atoms with Crippen LogP contribution < -0.4 is 5.32 Å². The number of carbonyl (C=O) groups excluding carboxylic acids is 2. The molecule has 1 aliphatic rings. The number of aromatic hydroxyl groups is 1. The van der Waals surface area contributed by atoms with Crippen molar-refractivity contribution >= 4 is 17.5 Å². The lowest BCUT2D eigenvalue weighted by molar-refractivity contribution is -0.128. The molecule has 6 nitrogen and oxygen atoms in total. The van der Waals surface area contributed by atoms with E-state index in [4.69, 9.17) is 0 Å². The highest BCUT2D eigenvalue weighted by Gasteiger charge is 2.34. The first-order valence-electron chi connectivity index (χ1n) is 7.80. The van der Waals surface area contributed by atoms with Crippen LogP contribution in [0, 0.1) is 12.8 Å². The van der Waals surface area contributed by atoms with Gasteiger partial charge < -0.3 is 15.3 Å². The highest BCUT2D eigenvalue weighted by Crippen LogP contribution is 2.25. The lowest BCUT2D eigenvalue weighted by Crippen LogP contribution is -2.28. The number of carbonyl (C=O) groups is 2. The van der Waals surface area contributed by atoms with Gasteiger partial charge in [0.15, 0.2) is 5.75 Å². The van der Waals surface area contributed by atoms with Crippen LogP contribution in [0.4, 0.5) is 5.69 Å². The first kappa shape index (κ1) is 16.0. The van der Waals surface area contributed by atoms with E-state index >= 15 is 0 Å². The molecule has 0 aliphatic carbocycles. The maximum absolute atomic E-state index is 12.3. The number of anilines is 1. The molecule has 0 radical (unpaired) electrons. The molecule has 1 aromatic heterocycles. The van der Waals surface area contributed by atoms with Gasteiger partial charge in [0, 0.05) is 25.7 Å². The number of rotatable bonds is 4. The number of likely N-dealkylation sites (tertiary alicyclic amines) is 1. The highest BCUT2D eigenvalue weighted by molar-refractivity contribution is 5.97. The summed E-state index contributed by atoms with van der Waals surface area (Å²) in [4.78, 5) is 30.0. The summed E-state index contributed by atoms with van der Waals surface area (Å²) in [6.45, 7) is 2.90. The molecule has 1 atom stereocenters. The van der Waals surface area contributed by atoms with Gasteiger partial charge in [-0.1, -0.05) is 29.8 Å². The Hall–Kier alpha value is -2.89. The Morgan fingerprint density at radius 1 is 1.33 bits per heavy atom. The van der Waals surface area contributed by atoms with E-state index in [0.29, 0.717) is 18.8 Å². The second kappa shape index (κ2) is 6.70. The van der Waals surface area contributed by atoms with Crippen LogP contribution in [-0.2, 0) is 16.1 Å². The first-order chi connectivity index (χ1) is 11.5. The molecule has 0 bridgehead atoms. The number of hydrogen-bond donors (Lipinski definition) is 2. The number of hydrogen-bond acceptors (Lipinski definition) is 4. The van der Waals surface area contributed by atoms with Crippen molar-refractivity contribution < 1.29 is 14.7 Å². The van der Waals surface area contributed by atoms with Gasteiger partial charge in [0.1, 0.15) is 0 Å². The van der Waals surface area contributed by atoms with Crippen molar-refractivity contribution in [3.8, 4) is 5.75 Å². The molecule has 0 spiro atoms. The van der Waals surface area contributed by atoms with E-state index < -0.39 is 5.92 Å². The monoisotopic (exact) mass is 325 g/mol. The quantitative estimate of drug-likeness (QED) is 0.901. The molecule has 2 heterocycles. The zero-order valence-electron chi connectivity index (χ0n) is 13.4. The van der Waals surface area contributed by atoms with E-state index in [1.807, 2.05) is 31.2 Å². The fourth-order valence-electron chi connectivity index (χ4n) is 2.74. The lowest BCUT2D eigenvalue weighted by Gasteiger charge is -2.17. The summed E-state index contributed by atoms with van der Waals surface area (Å²) in [6.07, 6.45) is 2.93. The summed E-state index contributed by atoms with van der Waals surface area (Å²) in [5.74, 6) is -0.812. The normalized spacial score (nSPS) is 17.1. The van der Waals surface area contributed by atoms with Crippen LogP contribution in [0.5, 0.6) is 5.75 Å². The summed E-state index contributed by atoms with van der Waals surface area (Å²) in [6, 6.07) is 9.52. The molecule has 1 aliphatic heterocycles. The van der Waals surface area contributed by atoms with Gasteiger partial charge in [0.25, 0.3) is 0 Å². The van der Waals surface area contributed by atoms with Gasteiger partial charge in [-0.2, -0.15) is 0 Å². The van der Waals surface area contributed by atoms with Crippen molar-refractivity contribution in [2.75, 3.05) is 11.9 Å². The van der Waals surface area contributed by atoms with Crippen LogP contribution in [0.1, 0.15) is 17.5 Å². The van der Waals surface area contributed by atoms with Gasteiger partial charge in [-0.15, -0.1) is 0 Å².